The first-order valence-corrected chi connectivity index (χ1v) is 7.24. The van der Waals surface area contributed by atoms with E-state index in [0.29, 0.717) is 5.56 Å². The van der Waals surface area contributed by atoms with E-state index in [-0.39, 0.29) is 0 Å². The summed E-state index contributed by atoms with van der Waals surface area (Å²) in [5.41, 5.74) is 2.23. The van der Waals surface area contributed by atoms with Gasteiger partial charge < -0.3 is 5.32 Å². The third kappa shape index (κ3) is 2.47. The number of para-hydroxylation sites is 1. The van der Waals surface area contributed by atoms with E-state index in [4.69, 9.17) is 5.26 Å². The Labute approximate surface area is 118 Å². The zero-order chi connectivity index (χ0) is 13.1. The number of nitrogens with one attached hydrogen (secondary N) is 1. The second kappa shape index (κ2) is 5.18. The smallest absolute Gasteiger partial charge is 0.187 e. The number of rotatable bonds is 3. The topological polar surface area (TPSA) is 61.6 Å². The van der Waals surface area contributed by atoms with Crippen molar-refractivity contribution >= 4 is 33.5 Å². The molecular weight excluding hydrogens is 276 g/mol. The van der Waals surface area contributed by atoms with E-state index >= 15 is 0 Å². The Balaban J connectivity index is 1.87. The predicted octanol–water partition coefficient (Wildman–Crippen LogP) is 3.88. The number of hydrogen-bond acceptors (Lipinski definition) is 6. The molecule has 0 saturated heterocycles. The van der Waals surface area contributed by atoms with Crippen LogP contribution in [-0.4, -0.2) is 9.97 Å². The van der Waals surface area contributed by atoms with Crippen molar-refractivity contribution in [3.63, 3.8) is 0 Å². The lowest BCUT2D eigenvalue weighted by Crippen LogP contribution is -1.92. The molecule has 2 aromatic heterocycles. The van der Waals surface area contributed by atoms with Gasteiger partial charge in [-0.2, -0.15) is 5.26 Å². The fourth-order valence-corrected chi connectivity index (χ4v) is 2.96. The summed E-state index contributed by atoms with van der Waals surface area (Å²) in [6.45, 7) is 0. The molecule has 92 valence electrons. The molecule has 2 heterocycles. The summed E-state index contributed by atoms with van der Waals surface area (Å²) in [4.78, 5) is 8.69. The highest BCUT2D eigenvalue weighted by atomic mass is 32.1. The molecule has 1 aromatic carbocycles. The van der Waals surface area contributed by atoms with E-state index < -0.39 is 0 Å². The van der Waals surface area contributed by atoms with E-state index in [1.807, 2.05) is 29.0 Å². The molecule has 0 saturated carbocycles. The van der Waals surface area contributed by atoms with Crippen molar-refractivity contribution in [3.8, 4) is 16.8 Å². The van der Waals surface area contributed by atoms with Crippen molar-refractivity contribution < 1.29 is 0 Å². The maximum Gasteiger partial charge on any atom is 0.187 e. The van der Waals surface area contributed by atoms with Crippen LogP contribution in [0.2, 0.25) is 0 Å². The Hall–Kier alpha value is -2.23. The molecule has 6 heteroatoms. The van der Waals surface area contributed by atoms with E-state index in [1.54, 1.807) is 23.6 Å². The summed E-state index contributed by atoms with van der Waals surface area (Å²) in [5.74, 6) is 0. The number of nitriles is 1. The Morgan fingerprint density at radius 1 is 1.21 bits per heavy atom. The Bertz CT molecular complexity index is 725. The summed E-state index contributed by atoms with van der Waals surface area (Å²) in [6, 6.07) is 9.52. The van der Waals surface area contributed by atoms with Crippen LogP contribution in [0.3, 0.4) is 0 Å². The molecule has 0 unspecified atom stereocenters. The molecule has 0 amide bonds. The molecule has 0 aliphatic carbocycles. The van der Waals surface area contributed by atoms with Gasteiger partial charge in [0.25, 0.3) is 0 Å². The Kier molecular flexibility index (Phi) is 3.23. The number of anilines is 2. The van der Waals surface area contributed by atoms with Crippen LogP contribution in [0.5, 0.6) is 0 Å². The molecule has 0 aliphatic rings. The number of thiazole rings is 2. The second-order valence-electron chi connectivity index (χ2n) is 3.66. The monoisotopic (exact) mass is 284 g/mol. The lowest BCUT2D eigenvalue weighted by atomic mass is 10.2. The number of benzene rings is 1. The maximum atomic E-state index is 9.04. The number of nitrogens with zero attached hydrogens (tertiary/aromatic N) is 3. The van der Waals surface area contributed by atoms with Gasteiger partial charge >= 0.3 is 0 Å². The van der Waals surface area contributed by atoms with Crippen molar-refractivity contribution in [2.24, 2.45) is 0 Å². The maximum absolute atomic E-state index is 9.04. The third-order valence-electron chi connectivity index (χ3n) is 2.44. The van der Waals surface area contributed by atoms with Gasteiger partial charge in [0.1, 0.15) is 16.8 Å². The average molecular weight is 284 g/mol. The molecule has 0 atom stereocenters. The molecular formula is C13H8N4S2. The van der Waals surface area contributed by atoms with Crippen LogP contribution in [0.1, 0.15) is 5.56 Å². The SMILES string of the molecule is N#Cc1ccccc1Nc1nc(-c2nccs2)cs1. The molecule has 0 radical (unpaired) electrons. The first kappa shape index (κ1) is 11.8. The highest BCUT2D eigenvalue weighted by molar-refractivity contribution is 7.15. The highest BCUT2D eigenvalue weighted by Crippen LogP contribution is 2.28. The van der Waals surface area contributed by atoms with Crippen LogP contribution in [0.4, 0.5) is 10.8 Å². The minimum absolute atomic E-state index is 0.605. The van der Waals surface area contributed by atoms with Crippen molar-refractivity contribution in [2.75, 3.05) is 5.32 Å². The molecule has 0 aliphatic heterocycles. The van der Waals surface area contributed by atoms with Crippen molar-refractivity contribution in [3.05, 3.63) is 46.8 Å². The summed E-state index contributed by atoms with van der Waals surface area (Å²) < 4.78 is 0. The summed E-state index contributed by atoms with van der Waals surface area (Å²) in [5, 5.41) is 17.7. The Morgan fingerprint density at radius 3 is 2.89 bits per heavy atom. The zero-order valence-electron chi connectivity index (χ0n) is 9.70. The van der Waals surface area contributed by atoms with Gasteiger partial charge in [-0.05, 0) is 12.1 Å². The number of hydrogen-bond donors (Lipinski definition) is 1. The molecule has 3 rings (SSSR count). The minimum atomic E-state index is 0.605. The largest absolute Gasteiger partial charge is 0.330 e. The van der Waals surface area contributed by atoms with Crippen molar-refractivity contribution in [1.29, 1.82) is 5.26 Å². The van der Waals surface area contributed by atoms with Gasteiger partial charge in [-0.25, -0.2) is 9.97 Å². The van der Waals surface area contributed by atoms with Gasteiger partial charge in [-0.3, -0.25) is 0 Å². The van der Waals surface area contributed by atoms with Gasteiger partial charge in [-0.15, -0.1) is 22.7 Å². The first-order valence-electron chi connectivity index (χ1n) is 5.48. The van der Waals surface area contributed by atoms with E-state index in [0.717, 1.165) is 21.5 Å². The molecule has 0 bridgehead atoms. The first-order chi connectivity index (χ1) is 9.36. The van der Waals surface area contributed by atoms with E-state index in [2.05, 4.69) is 21.4 Å². The van der Waals surface area contributed by atoms with Gasteiger partial charge in [0, 0.05) is 17.0 Å². The lowest BCUT2D eigenvalue weighted by Gasteiger charge is -2.03. The molecule has 4 nitrogen and oxygen atoms in total. The molecule has 3 aromatic rings. The summed E-state index contributed by atoms with van der Waals surface area (Å²) in [7, 11) is 0. The summed E-state index contributed by atoms with van der Waals surface area (Å²) in [6.07, 6.45) is 1.76. The molecule has 0 fully saturated rings. The zero-order valence-corrected chi connectivity index (χ0v) is 11.3. The number of aromatic nitrogens is 2. The normalized spacial score (nSPS) is 10.1. The predicted molar refractivity (Wildman–Crippen MR) is 77.7 cm³/mol. The molecule has 0 spiro atoms. The van der Waals surface area contributed by atoms with Gasteiger partial charge in [-0.1, -0.05) is 12.1 Å². The van der Waals surface area contributed by atoms with Crippen LogP contribution in [0.25, 0.3) is 10.7 Å². The fraction of sp³-hybridized carbons (Fsp3) is 0. The Morgan fingerprint density at radius 2 is 2.11 bits per heavy atom. The average Bonchev–Trinajstić information content (AvgIpc) is 3.09. The summed E-state index contributed by atoms with van der Waals surface area (Å²) >= 11 is 3.05. The fourth-order valence-electron chi connectivity index (χ4n) is 1.58. The van der Waals surface area contributed by atoms with Crippen molar-refractivity contribution in [2.45, 2.75) is 0 Å². The van der Waals surface area contributed by atoms with Crippen LogP contribution < -0.4 is 5.32 Å². The van der Waals surface area contributed by atoms with Gasteiger partial charge in [0.05, 0.1) is 11.3 Å². The van der Waals surface area contributed by atoms with Gasteiger partial charge in [0.2, 0.25) is 0 Å². The van der Waals surface area contributed by atoms with E-state index in [1.165, 1.54) is 11.3 Å². The molecule has 19 heavy (non-hydrogen) atoms. The quantitative estimate of drug-likeness (QED) is 0.792. The third-order valence-corrected chi connectivity index (χ3v) is 4.00. The highest BCUT2D eigenvalue weighted by Gasteiger charge is 2.08. The standard InChI is InChI=1S/C13H8N4S2/c14-7-9-3-1-2-4-10(9)16-13-17-11(8-19-13)12-15-5-6-18-12/h1-6,8H,(H,16,17). The van der Waals surface area contributed by atoms with Crippen LogP contribution in [-0.2, 0) is 0 Å². The van der Waals surface area contributed by atoms with Crippen LogP contribution in [0.15, 0.2) is 41.2 Å². The van der Waals surface area contributed by atoms with Crippen LogP contribution in [0, 0.1) is 11.3 Å². The molecule has 1 N–H and O–H groups in total. The lowest BCUT2D eigenvalue weighted by molar-refractivity contribution is 1.33. The van der Waals surface area contributed by atoms with Crippen molar-refractivity contribution in [1.82, 2.24) is 9.97 Å². The van der Waals surface area contributed by atoms with Gasteiger partial charge in [0.15, 0.2) is 5.13 Å². The van der Waals surface area contributed by atoms with E-state index in [9.17, 15) is 0 Å². The van der Waals surface area contributed by atoms with Crippen LogP contribution >= 0.6 is 22.7 Å². The second-order valence-corrected chi connectivity index (χ2v) is 5.41. The minimum Gasteiger partial charge on any atom is -0.330 e.